The minimum absolute atomic E-state index is 0.212. The number of alkyl halides is 3. The Morgan fingerprint density at radius 1 is 1.29 bits per heavy atom. The number of nitrogens with one attached hydrogen (secondary N) is 1. The Balaban J connectivity index is 2.04. The van der Waals surface area contributed by atoms with E-state index in [9.17, 15) is 13.2 Å². The van der Waals surface area contributed by atoms with Gasteiger partial charge in [-0.25, -0.2) is 4.98 Å². The number of nitrogens with zero attached hydrogens (tertiary/aromatic N) is 1. The van der Waals surface area contributed by atoms with Gasteiger partial charge in [-0.1, -0.05) is 26.7 Å². The van der Waals surface area contributed by atoms with Gasteiger partial charge in [-0.05, 0) is 42.7 Å². The van der Waals surface area contributed by atoms with Crippen molar-refractivity contribution in [3.05, 3.63) is 23.9 Å². The van der Waals surface area contributed by atoms with Crippen LogP contribution in [0.3, 0.4) is 0 Å². The van der Waals surface area contributed by atoms with Crippen LogP contribution in [0.15, 0.2) is 18.3 Å². The number of aromatic nitrogens is 1. The molecule has 0 bridgehead atoms. The fraction of sp³-hybridized carbons (Fsp3) is 0.688. The van der Waals surface area contributed by atoms with Gasteiger partial charge in [0.1, 0.15) is 5.82 Å². The van der Waals surface area contributed by atoms with Crippen molar-refractivity contribution in [3.8, 4) is 0 Å². The molecule has 1 aliphatic rings. The van der Waals surface area contributed by atoms with Crippen LogP contribution in [0.1, 0.15) is 51.5 Å². The normalized spacial score (nSPS) is 18.2. The first kappa shape index (κ1) is 16.1. The summed E-state index contributed by atoms with van der Waals surface area (Å²) in [7, 11) is 0. The van der Waals surface area contributed by atoms with E-state index in [4.69, 9.17) is 0 Å². The van der Waals surface area contributed by atoms with E-state index in [2.05, 4.69) is 24.1 Å². The highest BCUT2D eigenvalue weighted by atomic mass is 19.4. The van der Waals surface area contributed by atoms with Gasteiger partial charge in [0.15, 0.2) is 0 Å². The molecular weight excluding hydrogens is 277 g/mol. The molecule has 1 heterocycles. The van der Waals surface area contributed by atoms with Gasteiger partial charge in [0.05, 0.1) is 5.56 Å². The standard InChI is InChI=1S/C16H23F3N2/c1-12(2)10-15(6-3-4-7-15)11-21-14-9-13(5-8-20-14)16(17,18)19/h5,8-9,12H,3-4,6-7,10-11H2,1-2H3,(H,20,21). The Kier molecular flexibility index (Phi) is 4.79. The van der Waals surface area contributed by atoms with Crippen molar-refractivity contribution in [1.29, 1.82) is 0 Å². The van der Waals surface area contributed by atoms with Gasteiger partial charge >= 0.3 is 6.18 Å². The minimum atomic E-state index is -4.32. The predicted octanol–water partition coefficient (Wildman–Crippen LogP) is 5.12. The molecule has 0 saturated heterocycles. The average molecular weight is 300 g/mol. The summed E-state index contributed by atoms with van der Waals surface area (Å²) in [5, 5.41) is 3.13. The van der Waals surface area contributed by atoms with E-state index in [0.717, 1.165) is 31.4 Å². The number of hydrogen-bond donors (Lipinski definition) is 1. The molecule has 1 aliphatic carbocycles. The van der Waals surface area contributed by atoms with Crippen LogP contribution in [0, 0.1) is 11.3 Å². The summed E-state index contributed by atoms with van der Waals surface area (Å²) < 4.78 is 38.1. The molecular formula is C16H23F3N2. The third-order valence-corrected chi connectivity index (χ3v) is 4.24. The van der Waals surface area contributed by atoms with E-state index < -0.39 is 11.7 Å². The highest BCUT2D eigenvalue weighted by molar-refractivity contribution is 5.38. The number of pyridine rings is 1. The van der Waals surface area contributed by atoms with E-state index in [1.807, 2.05) is 0 Å². The lowest BCUT2D eigenvalue weighted by molar-refractivity contribution is -0.137. The van der Waals surface area contributed by atoms with Crippen LogP contribution in [0.4, 0.5) is 19.0 Å². The number of rotatable bonds is 5. The number of hydrogen-bond acceptors (Lipinski definition) is 2. The van der Waals surface area contributed by atoms with E-state index in [1.165, 1.54) is 19.0 Å². The first-order chi connectivity index (χ1) is 9.81. The summed E-state index contributed by atoms with van der Waals surface area (Å²) in [4.78, 5) is 4.01. The summed E-state index contributed by atoms with van der Waals surface area (Å²) >= 11 is 0. The van der Waals surface area contributed by atoms with Gasteiger partial charge in [-0.2, -0.15) is 13.2 Å². The lowest BCUT2D eigenvalue weighted by Crippen LogP contribution is -2.28. The molecule has 21 heavy (non-hydrogen) atoms. The topological polar surface area (TPSA) is 24.9 Å². The van der Waals surface area contributed by atoms with E-state index in [0.29, 0.717) is 18.3 Å². The largest absolute Gasteiger partial charge is 0.416 e. The Bertz CT molecular complexity index is 463. The lowest BCUT2D eigenvalue weighted by Gasteiger charge is -2.31. The molecule has 0 atom stereocenters. The van der Waals surface area contributed by atoms with Crippen molar-refractivity contribution in [2.24, 2.45) is 11.3 Å². The van der Waals surface area contributed by atoms with Gasteiger partial charge in [0.25, 0.3) is 0 Å². The van der Waals surface area contributed by atoms with Crippen LogP contribution in [0.5, 0.6) is 0 Å². The lowest BCUT2D eigenvalue weighted by atomic mass is 9.78. The summed E-state index contributed by atoms with van der Waals surface area (Å²) in [6, 6.07) is 2.10. The monoisotopic (exact) mass is 300 g/mol. The van der Waals surface area contributed by atoms with Crippen LogP contribution in [0.25, 0.3) is 0 Å². The Labute approximate surface area is 124 Å². The number of anilines is 1. The SMILES string of the molecule is CC(C)CC1(CNc2cc(C(F)(F)F)ccn2)CCCC1. The maximum atomic E-state index is 12.7. The zero-order valence-electron chi connectivity index (χ0n) is 12.6. The predicted molar refractivity (Wildman–Crippen MR) is 78.1 cm³/mol. The fourth-order valence-electron chi connectivity index (χ4n) is 3.43. The molecule has 0 aromatic carbocycles. The molecule has 0 unspecified atom stereocenters. The first-order valence-corrected chi connectivity index (χ1v) is 7.58. The highest BCUT2D eigenvalue weighted by Gasteiger charge is 2.35. The van der Waals surface area contributed by atoms with Crippen molar-refractivity contribution in [3.63, 3.8) is 0 Å². The number of halogens is 3. The van der Waals surface area contributed by atoms with Crippen molar-refractivity contribution in [2.75, 3.05) is 11.9 Å². The van der Waals surface area contributed by atoms with Crippen molar-refractivity contribution < 1.29 is 13.2 Å². The smallest absolute Gasteiger partial charge is 0.370 e. The van der Waals surface area contributed by atoms with Crippen molar-refractivity contribution in [1.82, 2.24) is 4.98 Å². The summed E-state index contributed by atoms with van der Waals surface area (Å²) in [6.45, 7) is 5.10. The second-order valence-corrected chi connectivity index (χ2v) is 6.59. The molecule has 1 aromatic heterocycles. The Hall–Kier alpha value is -1.26. The zero-order chi connectivity index (χ0) is 15.5. The second-order valence-electron chi connectivity index (χ2n) is 6.59. The maximum Gasteiger partial charge on any atom is 0.416 e. The van der Waals surface area contributed by atoms with Crippen LogP contribution >= 0.6 is 0 Å². The van der Waals surface area contributed by atoms with E-state index in [-0.39, 0.29) is 5.41 Å². The van der Waals surface area contributed by atoms with Crippen molar-refractivity contribution in [2.45, 2.75) is 52.1 Å². The molecule has 1 fully saturated rings. The van der Waals surface area contributed by atoms with Crippen LogP contribution in [-0.2, 0) is 6.18 Å². The van der Waals surface area contributed by atoms with Crippen molar-refractivity contribution >= 4 is 5.82 Å². The van der Waals surface area contributed by atoms with Gasteiger partial charge in [-0.15, -0.1) is 0 Å². The van der Waals surface area contributed by atoms with Gasteiger partial charge in [0, 0.05) is 12.7 Å². The van der Waals surface area contributed by atoms with Crippen LogP contribution in [-0.4, -0.2) is 11.5 Å². The Morgan fingerprint density at radius 2 is 1.95 bits per heavy atom. The molecule has 0 amide bonds. The minimum Gasteiger partial charge on any atom is -0.370 e. The molecule has 5 heteroatoms. The third-order valence-electron chi connectivity index (χ3n) is 4.24. The summed E-state index contributed by atoms with van der Waals surface area (Å²) in [6.07, 6.45) is 2.74. The molecule has 0 radical (unpaired) electrons. The van der Waals surface area contributed by atoms with E-state index in [1.54, 1.807) is 0 Å². The molecule has 1 aromatic rings. The zero-order valence-corrected chi connectivity index (χ0v) is 12.6. The summed E-state index contributed by atoms with van der Waals surface area (Å²) in [5.41, 5.74) is -0.436. The Morgan fingerprint density at radius 3 is 2.52 bits per heavy atom. The molecule has 0 spiro atoms. The third kappa shape index (κ3) is 4.35. The second kappa shape index (κ2) is 6.24. The molecule has 1 N–H and O–H groups in total. The quantitative estimate of drug-likeness (QED) is 0.816. The maximum absolute atomic E-state index is 12.7. The van der Waals surface area contributed by atoms with Crippen LogP contribution in [0.2, 0.25) is 0 Å². The fourth-order valence-corrected chi connectivity index (χ4v) is 3.43. The molecule has 2 rings (SSSR count). The average Bonchev–Trinajstić information content (AvgIpc) is 2.84. The van der Waals surface area contributed by atoms with E-state index >= 15 is 0 Å². The van der Waals surface area contributed by atoms with Gasteiger partial charge < -0.3 is 5.32 Å². The molecule has 0 aliphatic heterocycles. The summed E-state index contributed by atoms with van der Waals surface area (Å²) in [5.74, 6) is 0.916. The molecule has 2 nitrogen and oxygen atoms in total. The van der Waals surface area contributed by atoms with Gasteiger partial charge in [0.2, 0.25) is 0 Å². The highest BCUT2D eigenvalue weighted by Crippen LogP contribution is 2.43. The first-order valence-electron chi connectivity index (χ1n) is 7.58. The van der Waals surface area contributed by atoms with Crippen LogP contribution < -0.4 is 5.32 Å². The molecule has 118 valence electrons. The van der Waals surface area contributed by atoms with Gasteiger partial charge in [-0.3, -0.25) is 0 Å². The molecule has 1 saturated carbocycles.